The summed E-state index contributed by atoms with van der Waals surface area (Å²) >= 11 is 3.25. The predicted molar refractivity (Wildman–Crippen MR) is 116 cm³/mol. The third-order valence-electron chi connectivity index (χ3n) is 4.51. The highest BCUT2D eigenvalue weighted by Crippen LogP contribution is 2.26. The number of anilines is 2. The molecule has 0 unspecified atom stereocenters. The molecule has 0 fully saturated rings. The summed E-state index contributed by atoms with van der Waals surface area (Å²) in [5.74, 6) is 0. The molecule has 0 amide bonds. The zero-order chi connectivity index (χ0) is 21.9. The summed E-state index contributed by atoms with van der Waals surface area (Å²) in [5, 5.41) is 3.84. The fourth-order valence-electron chi connectivity index (χ4n) is 2.97. The molecule has 0 aliphatic carbocycles. The first-order valence-corrected chi connectivity index (χ1v) is 10.0. The number of nitrogens with one attached hydrogen (secondary N) is 1. The maximum absolute atomic E-state index is 13.6. The Morgan fingerprint density at radius 2 is 1.77 bits per heavy atom. The van der Waals surface area contributed by atoms with E-state index in [1.54, 1.807) is 42.5 Å². The van der Waals surface area contributed by atoms with Crippen LogP contribution in [0.5, 0.6) is 0 Å². The molecule has 0 bridgehead atoms. The van der Waals surface area contributed by atoms with Crippen LogP contribution in [0.4, 0.5) is 24.5 Å². The van der Waals surface area contributed by atoms with E-state index in [9.17, 15) is 18.0 Å². The molecule has 0 aliphatic rings. The first kappa shape index (κ1) is 21.9. The molecule has 1 aromatic heterocycles. The van der Waals surface area contributed by atoms with Gasteiger partial charge >= 0.3 is 11.8 Å². The van der Waals surface area contributed by atoms with Gasteiger partial charge in [-0.1, -0.05) is 15.9 Å². The van der Waals surface area contributed by atoms with Gasteiger partial charge in [-0.15, -0.1) is 0 Å². The molecule has 0 atom stereocenters. The number of alkyl halides is 3. The summed E-state index contributed by atoms with van der Waals surface area (Å²) in [7, 11) is 0. The highest BCUT2D eigenvalue weighted by Gasteiger charge is 2.39. The number of benzene rings is 2. The van der Waals surface area contributed by atoms with Gasteiger partial charge in [-0.25, -0.2) is 4.79 Å². The van der Waals surface area contributed by atoms with Crippen molar-refractivity contribution in [3.63, 3.8) is 0 Å². The fourth-order valence-corrected chi connectivity index (χ4v) is 3.24. The van der Waals surface area contributed by atoms with E-state index < -0.39 is 23.1 Å². The van der Waals surface area contributed by atoms with Crippen LogP contribution in [0.1, 0.15) is 19.4 Å². The quantitative estimate of drug-likeness (QED) is 0.275. The third-order valence-corrected chi connectivity index (χ3v) is 5.04. The Bertz CT molecular complexity index is 1120. The van der Waals surface area contributed by atoms with Crippen LogP contribution < -0.4 is 16.0 Å². The topological polar surface area (TPSA) is 57.8 Å². The van der Waals surface area contributed by atoms with Crippen molar-refractivity contribution in [3.8, 4) is 0 Å². The van der Waals surface area contributed by atoms with E-state index in [1.165, 1.54) is 0 Å². The van der Waals surface area contributed by atoms with E-state index in [1.807, 2.05) is 18.7 Å². The van der Waals surface area contributed by atoms with Crippen molar-refractivity contribution in [2.24, 2.45) is 5.10 Å². The smallest absolute Gasteiger partial charge is 0.422 e. The second-order valence-corrected chi connectivity index (χ2v) is 7.33. The largest absolute Gasteiger partial charge is 0.435 e. The number of nitrogens with zero attached hydrogens (tertiary/aromatic N) is 2. The summed E-state index contributed by atoms with van der Waals surface area (Å²) in [5.41, 5.74) is 0.621. The van der Waals surface area contributed by atoms with Gasteiger partial charge < -0.3 is 9.32 Å². The van der Waals surface area contributed by atoms with Gasteiger partial charge in [-0.3, -0.25) is 5.43 Å². The predicted octanol–water partition coefficient (Wildman–Crippen LogP) is 5.78. The third kappa shape index (κ3) is 4.84. The van der Waals surface area contributed by atoms with Crippen LogP contribution in [0.2, 0.25) is 0 Å². The lowest BCUT2D eigenvalue weighted by atomic mass is 10.1. The Hall–Kier alpha value is -2.81. The summed E-state index contributed by atoms with van der Waals surface area (Å²) < 4.78 is 46.9. The Morgan fingerprint density at radius 1 is 1.10 bits per heavy atom. The second-order valence-electron chi connectivity index (χ2n) is 6.42. The van der Waals surface area contributed by atoms with Crippen LogP contribution in [0.15, 0.2) is 67.3 Å². The van der Waals surface area contributed by atoms with E-state index >= 15 is 0 Å². The lowest BCUT2D eigenvalue weighted by Gasteiger charge is -2.21. The molecule has 3 aromatic rings. The van der Waals surface area contributed by atoms with E-state index in [0.29, 0.717) is 11.1 Å². The number of rotatable bonds is 6. The highest BCUT2D eigenvalue weighted by molar-refractivity contribution is 9.10. The van der Waals surface area contributed by atoms with Crippen molar-refractivity contribution in [1.82, 2.24) is 0 Å². The van der Waals surface area contributed by atoms with Crippen molar-refractivity contribution >= 4 is 44.0 Å². The zero-order valence-corrected chi connectivity index (χ0v) is 17.8. The highest BCUT2D eigenvalue weighted by atomic mass is 79.9. The summed E-state index contributed by atoms with van der Waals surface area (Å²) in [4.78, 5) is 14.4. The number of hydrogen-bond acceptors (Lipinski definition) is 5. The van der Waals surface area contributed by atoms with E-state index in [-0.39, 0.29) is 5.58 Å². The molecule has 3 rings (SSSR count). The Balaban J connectivity index is 2.05. The summed E-state index contributed by atoms with van der Waals surface area (Å²) in [6, 6.07) is 12.6. The van der Waals surface area contributed by atoms with Gasteiger partial charge in [0.25, 0.3) is 0 Å². The molecule has 0 saturated carbocycles. The zero-order valence-electron chi connectivity index (χ0n) is 16.3. The number of fused-ring (bicyclic) bond motifs is 1. The van der Waals surface area contributed by atoms with Crippen molar-refractivity contribution < 1.29 is 17.6 Å². The van der Waals surface area contributed by atoms with Gasteiger partial charge in [0.05, 0.1) is 11.3 Å². The van der Waals surface area contributed by atoms with E-state index in [2.05, 4.69) is 26.5 Å². The minimum atomic E-state index is -4.86. The molecule has 30 heavy (non-hydrogen) atoms. The molecule has 5 nitrogen and oxygen atoms in total. The van der Waals surface area contributed by atoms with Gasteiger partial charge in [0.15, 0.2) is 5.71 Å². The normalized spacial score (nSPS) is 12.3. The number of hydrazone groups is 1. The SMILES string of the molecule is CCN(CC)c1ccc2cc(/C(=N/Nc3ccc(Br)cc3)C(F)(F)F)c(=O)oc2c1. The van der Waals surface area contributed by atoms with E-state index in [4.69, 9.17) is 4.42 Å². The Kier molecular flexibility index (Phi) is 6.50. The maximum atomic E-state index is 13.6. The Morgan fingerprint density at radius 3 is 2.37 bits per heavy atom. The van der Waals surface area contributed by atoms with Gasteiger partial charge in [0.1, 0.15) is 5.58 Å². The molecule has 158 valence electrons. The van der Waals surface area contributed by atoms with Crippen LogP contribution in [0.3, 0.4) is 0 Å². The maximum Gasteiger partial charge on any atom is 0.435 e. The van der Waals surface area contributed by atoms with Gasteiger partial charge in [-0.2, -0.15) is 18.3 Å². The van der Waals surface area contributed by atoms with Crippen molar-refractivity contribution in [2.75, 3.05) is 23.4 Å². The molecule has 0 spiro atoms. The standard InChI is InChI=1S/C21H19BrF3N3O2/c1-3-28(4-2)16-10-5-13-11-17(20(29)30-18(13)12-16)19(21(23,24)25)27-26-15-8-6-14(22)7-9-15/h5-12,26H,3-4H2,1-2H3/b27-19-. The van der Waals surface area contributed by atoms with Crippen LogP contribution in [-0.4, -0.2) is 25.0 Å². The molecule has 0 radical (unpaired) electrons. The molecule has 0 aliphatic heterocycles. The fraction of sp³-hybridized carbons (Fsp3) is 0.238. The lowest BCUT2D eigenvalue weighted by Crippen LogP contribution is -2.30. The molecule has 1 heterocycles. The molecular formula is C21H19BrF3N3O2. The van der Waals surface area contributed by atoms with Crippen LogP contribution in [-0.2, 0) is 0 Å². The van der Waals surface area contributed by atoms with Crippen LogP contribution in [0.25, 0.3) is 11.0 Å². The summed E-state index contributed by atoms with van der Waals surface area (Å²) in [6.45, 7) is 5.46. The molecule has 9 heteroatoms. The van der Waals surface area contributed by atoms with Crippen molar-refractivity contribution in [2.45, 2.75) is 20.0 Å². The first-order chi connectivity index (χ1) is 14.2. The van der Waals surface area contributed by atoms with E-state index in [0.717, 1.165) is 29.3 Å². The van der Waals surface area contributed by atoms with Crippen LogP contribution >= 0.6 is 15.9 Å². The minimum Gasteiger partial charge on any atom is -0.422 e. The second kappa shape index (κ2) is 8.91. The van der Waals surface area contributed by atoms with Crippen molar-refractivity contribution in [1.29, 1.82) is 0 Å². The Labute approximate surface area is 179 Å². The monoisotopic (exact) mass is 481 g/mol. The van der Waals surface area contributed by atoms with Crippen molar-refractivity contribution in [3.05, 3.63) is 69.0 Å². The van der Waals surface area contributed by atoms with Crippen LogP contribution in [0, 0.1) is 0 Å². The molecule has 2 aromatic carbocycles. The molecular weight excluding hydrogens is 463 g/mol. The number of hydrogen-bond donors (Lipinski definition) is 1. The average molecular weight is 482 g/mol. The summed E-state index contributed by atoms with van der Waals surface area (Å²) in [6.07, 6.45) is -4.86. The number of halogens is 4. The lowest BCUT2D eigenvalue weighted by molar-refractivity contribution is -0.0582. The molecule has 1 N–H and O–H groups in total. The van der Waals surface area contributed by atoms with Gasteiger partial charge in [-0.05, 0) is 56.3 Å². The van der Waals surface area contributed by atoms with Gasteiger partial charge in [0.2, 0.25) is 0 Å². The van der Waals surface area contributed by atoms with Gasteiger partial charge in [0, 0.05) is 34.7 Å². The first-order valence-electron chi connectivity index (χ1n) is 9.22. The molecule has 0 saturated heterocycles. The average Bonchev–Trinajstić information content (AvgIpc) is 2.70. The minimum absolute atomic E-state index is 0.218.